The standard InChI is InChI=1S/C13H19N3O3/c1-2-16(13(18)10-5-3-4-6-10)9-12(17)14-11-7-8-19-15-11/h7-8,10H,2-6,9H2,1H3,(H,14,15,17). The van der Waals surface area contributed by atoms with Gasteiger partial charge >= 0.3 is 0 Å². The highest BCUT2D eigenvalue weighted by molar-refractivity contribution is 5.94. The quantitative estimate of drug-likeness (QED) is 0.878. The van der Waals surface area contributed by atoms with Gasteiger partial charge in [0, 0.05) is 18.5 Å². The van der Waals surface area contributed by atoms with Crippen molar-refractivity contribution in [3.8, 4) is 0 Å². The highest BCUT2D eigenvalue weighted by Gasteiger charge is 2.27. The summed E-state index contributed by atoms with van der Waals surface area (Å²) < 4.78 is 4.63. The number of rotatable bonds is 5. The number of nitrogens with zero attached hydrogens (tertiary/aromatic N) is 2. The van der Waals surface area contributed by atoms with E-state index >= 15 is 0 Å². The Balaban J connectivity index is 1.87. The molecule has 19 heavy (non-hydrogen) atoms. The number of anilines is 1. The molecule has 1 saturated carbocycles. The molecule has 0 bridgehead atoms. The van der Waals surface area contributed by atoms with Gasteiger partial charge in [0.05, 0.1) is 6.54 Å². The predicted octanol–water partition coefficient (Wildman–Crippen LogP) is 1.65. The van der Waals surface area contributed by atoms with Crippen molar-refractivity contribution in [2.45, 2.75) is 32.6 Å². The molecule has 2 amide bonds. The maximum atomic E-state index is 12.2. The lowest BCUT2D eigenvalue weighted by Crippen LogP contribution is -2.40. The minimum Gasteiger partial charge on any atom is -0.363 e. The largest absolute Gasteiger partial charge is 0.363 e. The average Bonchev–Trinajstić information content (AvgIpc) is 3.07. The molecule has 1 fully saturated rings. The minimum atomic E-state index is -0.248. The fourth-order valence-corrected chi connectivity index (χ4v) is 2.41. The van der Waals surface area contributed by atoms with E-state index in [4.69, 9.17) is 0 Å². The maximum Gasteiger partial charge on any atom is 0.245 e. The normalized spacial score (nSPS) is 15.4. The zero-order valence-corrected chi connectivity index (χ0v) is 11.1. The molecule has 1 N–H and O–H groups in total. The highest BCUT2D eigenvalue weighted by atomic mass is 16.5. The number of hydrogen-bond donors (Lipinski definition) is 1. The van der Waals surface area contributed by atoms with Crippen LogP contribution in [0.15, 0.2) is 16.9 Å². The molecule has 0 radical (unpaired) electrons. The second-order valence-electron chi connectivity index (χ2n) is 4.77. The summed E-state index contributed by atoms with van der Waals surface area (Å²) in [4.78, 5) is 25.6. The van der Waals surface area contributed by atoms with Crippen molar-refractivity contribution in [3.63, 3.8) is 0 Å². The van der Waals surface area contributed by atoms with E-state index in [9.17, 15) is 9.59 Å². The Morgan fingerprint density at radius 2 is 2.21 bits per heavy atom. The maximum absolute atomic E-state index is 12.2. The third-order valence-electron chi connectivity index (χ3n) is 3.44. The van der Waals surface area contributed by atoms with Crippen molar-refractivity contribution >= 4 is 17.6 Å². The van der Waals surface area contributed by atoms with Crippen molar-refractivity contribution in [2.24, 2.45) is 5.92 Å². The lowest BCUT2D eigenvalue weighted by Gasteiger charge is -2.23. The van der Waals surface area contributed by atoms with Crippen molar-refractivity contribution in [1.29, 1.82) is 0 Å². The Bertz CT molecular complexity index is 424. The minimum absolute atomic E-state index is 0.0681. The zero-order chi connectivity index (χ0) is 13.7. The molecule has 6 nitrogen and oxygen atoms in total. The summed E-state index contributed by atoms with van der Waals surface area (Å²) in [6.45, 7) is 2.50. The zero-order valence-electron chi connectivity index (χ0n) is 11.1. The monoisotopic (exact) mass is 265 g/mol. The molecule has 0 aliphatic heterocycles. The lowest BCUT2D eigenvalue weighted by molar-refractivity contribution is -0.138. The molecule has 2 rings (SSSR count). The fourth-order valence-electron chi connectivity index (χ4n) is 2.41. The van der Waals surface area contributed by atoms with E-state index in [1.165, 1.54) is 6.26 Å². The third kappa shape index (κ3) is 3.56. The van der Waals surface area contributed by atoms with Crippen molar-refractivity contribution < 1.29 is 14.1 Å². The summed E-state index contributed by atoms with van der Waals surface area (Å²) in [5.74, 6) is 0.312. The van der Waals surface area contributed by atoms with E-state index in [2.05, 4.69) is 15.0 Å². The van der Waals surface area contributed by atoms with E-state index < -0.39 is 0 Å². The first-order valence-corrected chi connectivity index (χ1v) is 6.69. The number of nitrogens with one attached hydrogen (secondary N) is 1. The molecular formula is C13H19N3O3. The Labute approximate surface area is 112 Å². The first kappa shape index (κ1) is 13.6. The van der Waals surface area contributed by atoms with Crippen LogP contribution in [0.25, 0.3) is 0 Å². The van der Waals surface area contributed by atoms with E-state index in [0.29, 0.717) is 12.4 Å². The van der Waals surface area contributed by atoms with Gasteiger partial charge in [0.2, 0.25) is 11.8 Å². The molecular weight excluding hydrogens is 246 g/mol. The number of amides is 2. The van der Waals surface area contributed by atoms with Gasteiger partial charge in [-0.3, -0.25) is 9.59 Å². The topological polar surface area (TPSA) is 75.4 Å². The predicted molar refractivity (Wildman–Crippen MR) is 69.3 cm³/mol. The number of hydrogen-bond acceptors (Lipinski definition) is 4. The number of carbonyl (C=O) groups is 2. The Hall–Kier alpha value is -1.85. The molecule has 1 aliphatic carbocycles. The SMILES string of the molecule is CCN(CC(=O)Nc1ccon1)C(=O)C1CCCC1. The molecule has 0 saturated heterocycles. The van der Waals surface area contributed by atoms with E-state index in [-0.39, 0.29) is 24.3 Å². The van der Waals surface area contributed by atoms with Crippen molar-refractivity contribution in [3.05, 3.63) is 12.3 Å². The van der Waals surface area contributed by atoms with E-state index in [1.807, 2.05) is 6.92 Å². The van der Waals surface area contributed by atoms with Gasteiger partial charge in [0.15, 0.2) is 5.82 Å². The average molecular weight is 265 g/mol. The van der Waals surface area contributed by atoms with Crippen LogP contribution in [0.5, 0.6) is 0 Å². The van der Waals surface area contributed by atoms with Gasteiger partial charge in [0.25, 0.3) is 0 Å². The smallest absolute Gasteiger partial charge is 0.245 e. The summed E-state index contributed by atoms with van der Waals surface area (Å²) in [6, 6.07) is 1.56. The first-order chi connectivity index (χ1) is 9.20. The molecule has 0 spiro atoms. The molecule has 0 aromatic carbocycles. The van der Waals surface area contributed by atoms with Gasteiger partial charge < -0.3 is 14.7 Å². The Kier molecular flexibility index (Phi) is 4.54. The van der Waals surface area contributed by atoms with Crippen LogP contribution in [0, 0.1) is 5.92 Å². The summed E-state index contributed by atoms with van der Waals surface area (Å²) in [6.07, 6.45) is 5.50. The van der Waals surface area contributed by atoms with Crippen molar-refractivity contribution in [1.82, 2.24) is 10.1 Å². The fraction of sp³-hybridized carbons (Fsp3) is 0.615. The van der Waals surface area contributed by atoms with Gasteiger partial charge in [-0.05, 0) is 19.8 Å². The van der Waals surface area contributed by atoms with Gasteiger partial charge in [-0.25, -0.2) is 0 Å². The van der Waals surface area contributed by atoms with Crippen LogP contribution in [0.3, 0.4) is 0 Å². The molecule has 0 atom stereocenters. The lowest BCUT2D eigenvalue weighted by atomic mass is 10.1. The summed E-state index contributed by atoms with van der Waals surface area (Å²) >= 11 is 0. The molecule has 6 heteroatoms. The van der Waals surface area contributed by atoms with Gasteiger partial charge in [-0.1, -0.05) is 18.0 Å². The first-order valence-electron chi connectivity index (χ1n) is 6.69. The van der Waals surface area contributed by atoms with Crippen LogP contribution >= 0.6 is 0 Å². The second-order valence-corrected chi connectivity index (χ2v) is 4.77. The van der Waals surface area contributed by atoms with Gasteiger partial charge in [0.1, 0.15) is 6.26 Å². The molecule has 1 aliphatic rings. The number of aromatic nitrogens is 1. The highest BCUT2D eigenvalue weighted by Crippen LogP contribution is 2.26. The molecule has 104 valence electrons. The van der Waals surface area contributed by atoms with Crippen LogP contribution in [0.1, 0.15) is 32.6 Å². The molecule has 1 heterocycles. The van der Waals surface area contributed by atoms with Crippen LogP contribution in [-0.4, -0.2) is 35.0 Å². The van der Waals surface area contributed by atoms with Crippen molar-refractivity contribution in [2.75, 3.05) is 18.4 Å². The van der Waals surface area contributed by atoms with Crippen LogP contribution in [0.4, 0.5) is 5.82 Å². The van der Waals surface area contributed by atoms with Gasteiger partial charge in [-0.2, -0.15) is 0 Å². The number of likely N-dealkylation sites (N-methyl/N-ethyl adjacent to an activating group) is 1. The van der Waals surface area contributed by atoms with Crippen LogP contribution < -0.4 is 5.32 Å². The summed E-state index contributed by atoms with van der Waals surface area (Å²) in [5, 5.41) is 6.20. The Morgan fingerprint density at radius 1 is 1.47 bits per heavy atom. The Morgan fingerprint density at radius 3 is 2.79 bits per heavy atom. The van der Waals surface area contributed by atoms with E-state index in [1.54, 1.807) is 11.0 Å². The molecule has 1 aromatic heterocycles. The number of carbonyl (C=O) groups excluding carboxylic acids is 2. The summed E-state index contributed by atoms with van der Waals surface area (Å²) in [5.41, 5.74) is 0. The molecule has 0 unspecified atom stereocenters. The second kappa shape index (κ2) is 6.36. The van der Waals surface area contributed by atoms with E-state index in [0.717, 1.165) is 25.7 Å². The summed E-state index contributed by atoms with van der Waals surface area (Å²) in [7, 11) is 0. The van der Waals surface area contributed by atoms with Gasteiger partial charge in [-0.15, -0.1) is 0 Å². The molecule has 1 aromatic rings. The van der Waals surface area contributed by atoms with Crippen LogP contribution in [-0.2, 0) is 9.59 Å². The van der Waals surface area contributed by atoms with Crippen LogP contribution in [0.2, 0.25) is 0 Å². The third-order valence-corrected chi connectivity index (χ3v) is 3.44.